The fraction of sp³-hybridized carbons (Fsp3) is 0.100. The third kappa shape index (κ3) is 1.40. The van der Waals surface area contributed by atoms with E-state index < -0.39 is 6.08 Å². The first-order valence-corrected chi connectivity index (χ1v) is 3.97. The summed E-state index contributed by atoms with van der Waals surface area (Å²) in [5.41, 5.74) is 1.52. The van der Waals surface area contributed by atoms with E-state index in [0.717, 1.165) is 5.56 Å². The molecule has 1 aromatic carbocycles. The molecule has 0 unspecified atom stereocenters. The van der Waals surface area contributed by atoms with Crippen molar-refractivity contribution in [3.63, 3.8) is 0 Å². The van der Waals surface area contributed by atoms with Gasteiger partial charge in [0.25, 0.3) is 0 Å². The number of hydrogen-bond acceptors (Lipinski definition) is 3. The molecular formula is C10H8NO2-. The third-order valence-electron chi connectivity index (χ3n) is 1.81. The summed E-state index contributed by atoms with van der Waals surface area (Å²) >= 11 is 0. The molecule has 1 aromatic heterocycles. The van der Waals surface area contributed by atoms with Crippen LogP contribution in [0.4, 0.5) is 0 Å². The SMILES string of the molecule is Cc1nc([O-])oc1-c1ccccc1. The number of rotatable bonds is 1. The minimum Gasteiger partial charge on any atom is -0.564 e. The van der Waals surface area contributed by atoms with Crippen LogP contribution in [0.25, 0.3) is 11.3 Å². The summed E-state index contributed by atoms with van der Waals surface area (Å²) in [6.07, 6.45) is -0.531. The van der Waals surface area contributed by atoms with Gasteiger partial charge >= 0.3 is 0 Å². The molecule has 0 fully saturated rings. The van der Waals surface area contributed by atoms with Gasteiger partial charge in [-0.25, -0.2) is 4.98 Å². The predicted molar refractivity (Wildman–Crippen MR) is 46.1 cm³/mol. The van der Waals surface area contributed by atoms with Gasteiger partial charge in [-0.1, -0.05) is 30.3 Å². The number of benzene rings is 1. The van der Waals surface area contributed by atoms with Gasteiger partial charge in [-0.15, -0.1) is 0 Å². The van der Waals surface area contributed by atoms with E-state index in [1.54, 1.807) is 6.92 Å². The van der Waals surface area contributed by atoms with E-state index >= 15 is 0 Å². The van der Waals surface area contributed by atoms with Crippen molar-refractivity contribution in [2.75, 3.05) is 0 Å². The molecule has 3 nitrogen and oxygen atoms in total. The van der Waals surface area contributed by atoms with Gasteiger partial charge in [0.05, 0.1) is 5.69 Å². The molecule has 13 heavy (non-hydrogen) atoms. The Bertz CT molecular complexity index is 406. The van der Waals surface area contributed by atoms with Crippen molar-refractivity contribution in [3.05, 3.63) is 36.0 Å². The molecule has 1 heterocycles. The van der Waals surface area contributed by atoms with E-state index in [4.69, 9.17) is 4.42 Å². The fourth-order valence-corrected chi connectivity index (χ4v) is 1.23. The van der Waals surface area contributed by atoms with Crippen LogP contribution in [-0.2, 0) is 0 Å². The van der Waals surface area contributed by atoms with Crippen molar-refractivity contribution in [2.24, 2.45) is 0 Å². The molecule has 0 radical (unpaired) electrons. The highest BCUT2D eigenvalue weighted by Gasteiger charge is 2.01. The van der Waals surface area contributed by atoms with Crippen LogP contribution in [0.3, 0.4) is 0 Å². The molecule has 0 saturated carbocycles. The maximum atomic E-state index is 10.8. The number of aryl methyl sites for hydroxylation is 1. The van der Waals surface area contributed by atoms with E-state index in [2.05, 4.69) is 4.98 Å². The van der Waals surface area contributed by atoms with Crippen molar-refractivity contribution in [2.45, 2.75) is 6.92 Å². The Labute approximate surface area is 75.7 Å². The molecule has 0 amide bonds. The molecule has 0 N–H and O–H groups in total. The number of oxazole rings is 1. The molecule has 0 bridgehead atoms. The summed E-state index contributed by atoms with van der Waals surface area (Å²) in [7, 11) is 0. The van der Waals surface area contributed by atoms with Crippen LogP contribution in [0, 0.1) is 6.92 Å². The van der Waals surface area contributed by atoms with Crippen molar-refractivity contribution < 1.29 is 9.52 Å². The molecule has 0 aliphatic heterocycles. The van der Waals surface area contributed by atoms with Gasteiger partial charge in [0, 0.05) is 5.76 Å². The summed E-state index contributed by atoms with van der Waals surface area (Å²) in [4.78, 5) is 3.67. The summed E-state index contributed by atoms with van der Waals surface area (Å²) < 4.78 is 4.93. The number of hydrogen-bond donors (Lipinski definition) is 0. The third-order valence-corrected chi connectivity index (χ3v) is 1.81. The summed E-state index contributed by atoms with van der Waals surface area (Å²) in [6.45, 7) is 1.76. The Morgan fingerprint density at radius 2 is 1.92 bits per heavy atom. The van der Waals surface area contributed by atoms with E-state index in [9.17, 15) is 5.11 Å². The maximum absolute atomic E-state index is 10.8. The monoisotopic (exact) mass is 174 g/mol. The van der Waals surface area contributed by atoms with E-state index in [1.165, 1.54) is 0 Å². The average molecular weight is 174 g/mol. The highest BCUT2D eigenvalue weighted by Crippen LogP contribution is 2.25. The maximum Gasteiger partial charge on any atom is 0.155 e. The van der Waals surface area contributed by atoms with Gasteiger partial charge in [-0.3, -0.25) is 0 Å². The number of aromatic nitrogens is 1. The van der Waals surface area contributed by atoms with E-state index in [0.29, 0.717) is 11.5 Å². The Morgan fingerprint density at radius 3 is 2.46 bits per heavy atom. The van der Waals surface area contributed by atoms with Gasteiger partial charge in [0.1, 0.15) is 0 Å². The standard InChI is InChI=1S/C10H9NO2/c1-7-9(13-10(12)11-7)8-5-3-2-4-6-8/h2-6H,1H3,(H,11,12)/p-1. The van der Waals surface area contributed by atoms with Crippen molar-refractivity contribution in [3.8, 4) is 17.4 Å². The lowest BCUT2D eigenvalue weighted by Gasteiger charge is -2.01. The lowest BCUT2D eigenvalue weighted by molar-refractivity contribution is -0.300. The first-order valence-electron chi connectivity index (χ1n) is 3.97. The average Bonchev–Trinajstić information content (AvgIpc) is 2.47. The lowest BCUT2D eigenvalue weighted by atomic mass is 10.1. The molecule has 2 aromatic rings. The zero-order valence-corrected chi connectivity index (χ0v) is 7.15. The zero-order valence-electron chi connectivity index (χ0n) is 7.15. The van der Waals surface area contributed by atoms with E-state index in [-0.39, 0.29) is 0 Å². The van der Waals surface area contributed by atoms with Crippen LogP contribution in [0.1, 0.15) is 5.69 Å². The van der Waals surface area contributed by atoms with Gasteiger partial charge in [0.2, 0.25) is 0 Å². The molecule has 2 rings (SSSR count). The summed E-state index contributed by atoms with van der Waals surface area (Å²) in [6, 6.07) is 9.46. The Morgan fingerprint density at radius 1 is 1.23 bits per heavy atom. The second-order valence-electron chi connectivity index (χ2n) is 2.76. The molecule has 0 aliphatic rings. The highest BCUT2D eigenvalue weighted by atomic mass is 16.5. The molecular weight excluding hydrogens is 166 g/mol. The largest absolute Gasteiger partial charge is 0.564 e. The minimum absolute atomic E-state index is 0.531. The van der Waals surface area contributed by atoms with Crippen LogP contribution in [-0.4, -0.2) is 4.98 Å². The van der Waals surface area contributed by atoms with Crippen LogP contribution in [0.5, 0.6) is 6.08 Å². The lowest BCUT2D eigenvalue weighted by Crippen LogP contribution is -1.87. The fourth-order valence-electron chi connectivity index (χ4n) is 1.23. The first kappa shape index (κ1) is 7.86. The van der Waals surface area contributed by atoms with Gasteiger partial charge in [-0.05, 0) is 12.5 Å². The topological polar surface area (TPSA) is 49.1 Å². The molecule has 0 saturated heterocycles. The van der Waals surface area contributed by atoms with Crippen LogP contribution in [0.15, 0.2) is 34.7 Å². The Kier molecular flexibility index (Phi) is 1.77. The predicted octanol–water partition coefficient (Wildman–Crippen LogP) is 1.72. The normalized spacial score (nSPS) is 10.2. The second kappa shape index (κ2) is 2.94. The van der Waals surface area contributed by atoms with Gasteiger partial charge in [0.15, 0.2) is 6.08 Å². The minimum atomic E-state index is -0.531. The smallest absolute Gasteiger partial charge is 0.155 e. The van der Waals surface area contributed by atoms with Gasteiger partial charge < -0.3 is 9.52 Å². The summed E-state index contributed by atoms with van der Waals surface area (Å²) in [5, 5.41) is 10.8. The van der Waals surface area contributed by atoms with Crippen molar-refractivity contribution in [1.29, 1.82) is 0 Å². The quantitative estimate of drug-likeness (QED) is 0.661. The molecule has 0 spiro atoms. The first-order chi connectivity index (χ1) is 6.27. The van der Waals surface area contributed by atoms with Crippen molar-refractivity contribution in [1.82, 2.24) is 4.98 Å². The molecule has 0 aliphatic carbocycles. The van der Waals surface area contributed by atoms with Crippen LogP contribution < -0.4 is 5.11 Å². The molecule has 3 heteroatoms. The van der Waals surface area contributed by atoms with Crippen molar-refractivity contribution >= 4 is 0 Å². The molecule has 0 atom stereocenters. The molecule has 66 valence electrons. The Balaban J connectivity index is 2.53. The van der Waals surface area contributed by atoms with Crippen LogP contribution >= 0.6 is 0 Å². The Hall–Kier alpha value is -1.77. The highest BCUT2D eigenvalue weighted by molar-refractivity contribution is 5.59. The van der Waals surface area contributed by atoms with Crippen LogP contribution in [0.2, 0.25) is 0 Å². The second-order valence-corrected chi connectivity index (χ2v) is 2.76. The van der Waals surface area contributed by atoms with Gasteiger partial charge in [-0.2, -0.15) is 0 Å². The summed E-state index contributed by atoms with van der Waals surface area (Å²) in [5.74, 6) is 0.561. The van der Waals surface area contributed by atoms with E-state index in [1.807, 2.05) is 30.3 Å². The number of nitrogens with zero attached hydrogens (tertiary/aromatic N) is 1. The zero-order chi connectivity index (χ0) is 9.26.